The second kappa shape index (κ2) is 6.47. The topological polar surface area (TPSA) is 41.6 Å². The summed E-state index contributed by atoms with van der Waals surface area (Å²) >= 11 is 1.83. The van der Waals surface area contributed by atoms with Crippen molar-refractivity contribution in [2.45, 2.75) is 18.4 Å². The smallest absolute Gasteiger partial charge is 0.326 e. The van der Waals surface area contributed by atoms with E-state index in [9.17, 15) is 4.79 Å². The van der Waals surface area contributed by atoms with E-state index in [-0.39, 0.29) is 5.97 Å². The average Bonchev–Trinajstić information content (AvgIpc) is 2.28. The lowest BCUT2D eigenvalue weighted by Crippen LogP contribution is -2.57. The van der Waals surface area contributed by atoms with Crippen molar-refractivity contribution < 1.29 is 9.53 Å². The van der Waals surface area contributed by atoms with Crippen LogP contribution in [0.15, 0.2) is 0 Å². The standard InChI is InChI=1S/C11H22N2O2S/c1-13(2)7-6-12-11(10(14)15-3)5-4-8-16-9-11/h12H,4-9H2,1-3H3. The number of rotatable bonds is 5. The molecule has 4 nitrogen and oxygen atoms in total. The van der Waals surface area contributed by atoms with Crippen molar-refractivity contribution in [1.29, 1.82) is 0 Å². The highest BCUT2D eigenvalue weighted by Gasteiger charge is 2.40. The van der Waals surface area contributed by atoms with Gasteiger partial charge in [-0.2, -0.15) is 11.8 Å². The molecule has 1 N–H and O–H groups in total. The molecular formula is C11H22N2O2S. The summed E-state index contributed by atoms with van der Waals surface area (Å²) in [6, 6.07) is 0. The fourth-order valence-electron chi connectivity index (χ4n) is 1.88. The summed E-state index contributed by atoms with van der Waals surface area (Å²) in [6.07, 6.45) is 1.97. The van der Waals surface area contributed by atoms with E-state index >= 15 is 0 Å². The molecule has 1 heterocycles. The van der Waals surface area contributed by atoms with Gasteiger partial charge in [0, 0.05) is 18.8 Å². The minimum atomic E-state index is -0.451. The van der Waals surface area contributed by atoms with Gasteiger partial charge in [0.25, 0.3) is 0 Å². The molecule has 1 rings (SSSR count). The molecule has 0 aromatic heterocycles. The van der Waals surface area contributed by atoms with Gasteiger partial charge in [-0.3, -0.25) is 10.1 Å². The summed E-state index contributed by atoms with van der Waals surface area (Å²) in [4.78, 5) is 14.0. The van der Waals surface area contributed by atoms with Gasteiger partial charge >= 0.3 is 5.97 Å². The Hall–Kier alpha value is -0.260. The molecule has 94 valence electrons. The molecule has 1 atom stereocenters. The van der Waals surface area contributed by atoms with Crippen LogP contribution < -0.4 is 5.32 Å². The van der Waals surface area contributed by atoms with Crippen LogP contribution in [0.2, 0.25) is 0 Å². The number of nitrogens with zero attached hydrogens (tertiary/aromatic N) is 1. The van der Waals surface area contributed by atoms with Gasteiger partial charge in [0.05, 0.1) is 7.11 Å². The Kier molecular flexibility index (Phi) is 5.58. The van der Waals surface area contributed by atoms with E-state index < -0.39 is 5.54 Å². The van der Waals surface area contributed by atoms with Crippen LogP contribution in [-0.2, 0) is 9.53 Å². The number of esters is 1. The fraction of sp³-hybridized carbons (Fsp3) is 0.909. The zero-order valence-corrected chi connectivity index (χ0v) is 11.2. The Morgan fingerprint density at radius 1 is 1.56 bits per heavy atom. The quantitative estimate of drug-likeness (QED) is 0.719. The predicted molar refractivity (Wildman–Crippen MR) is 67.9 cm³/mol. The number of ether oxygens (including phenoxy) is 1. The number of hydrogen-bond acceptors (Lipinski definition) is 5. The lowest BCUT2D eigenvalue weighted by molar-refractivity contribution is -0.148. The highest BCUT2D eigenvalue weighted by Crippen LogP contribution is 2.27. The van der Waals surface area contributed by atoms with E-state index in [1.54, 1.807) is 0 Å². The van der Waals surface area contributed by atoms with Crippen molar-refractivity contribution in [3.63, 3.8) is 0 Å². The molecule has 1 aliphatic rings. The molecule has 1 unspecified atom stereocenters. The van der Waals surface area contributed by atoms with Gasteiger partial charge < -0.3 is 9.64 Å². The maximum absolute atomic E-state index is 11.9. The Bertz CT molecular complexity index is 228. The van der Waals surface area contributed by atoms with Crippen LogP contribution in [-0.4, -0.2) is 62.2 Å². The Morgan fingerprint density at radius 2 is 2.31 bits per heavy atom. The summed E-state index contributed by atoms with van der Waals surface area (Å²) in [7, 11) is 5.53. The van der Waals surface area contributed by atoms with Gasteiger partial charge in [0.1, 0.15) is 5.54 Å². The minimum absolute atomic E-state index is 0.113. The molecule has 0 aromatic carbocycles. The maximum Gasteiger partial charge on any atom is 0.326 e. The molecule has 0 amide bonds. The second-order valence-electron chi connectivity index (χ2n) is 4.46. The van der Waals surface area contributed by atoms with Crippen LogP contribution in [0, 0.1) is 0 Å². The molecule has 0 aromatic rings. The van der Waals surface area contributed by atoms with E-state index in [0.717, 1.165) is 37.4 Å². The van der Waals surface area contributed by atoms with E-state index in [2.05, 4.69) is 10.2 Å². The van der Waals surface area contributed by atoms with Gasteiger partial charge in [-0.05, 0) is 32.7 Å². The molecule has 0 spiro atoms. The molecule has 1 fully saturated rings. The number of carbonyl (C=O) groups excluding carboxylic acids is 1. The highest BCUT2D eigenvalue weighted by atomic mass is 32.2. The Morgan fingerprint density at radius 3 is 2.81 bits per heavy atom. The fourth-order valence-corrected chi connectivity index (χ4v) is 3.09. The van der Waals surface area contributed by atoms with Gasteiger partial charge in [-0.25, -0.2) is 0 Å². The molecular weight excluding hydrogens is 224 g/mol. The van der Waals surface area contributed by atoms with Crippen molar-refractivity contribution in [1.82, 2.24) is 10.2 Å². The zero-order chi connectivity index (χ0) is 12.0. The summed E-state index contributed by atoms with van der Waals surface area (Å²) in [6.45, 7) is 1.76. The number of thioether (sulfide) groups is 1. The van der Waals surface area contributed by atoms with E-state index in [4.69, 9.17) is 4.74 Å². The van der Waals surface area contributed by atoms with Crippen LogP contribution in [0.3, 0.4) is 0 Å². The highest BCUT2D eigenvalue weighted by molar-refractivity contribution is 7.99. The van der Waals surface area contributed by atoms with Crippen molar-refractivity contribution in [2.24, 2.45) is 0 Å². The van der Waals surface area contributed by atoms with E-state index in [1.165, 1.54) is 7.11 Å². The maximum atomic E-state index is 11.9. The molecule has 0 radical (unpaired) electrons. The van der Waals surface area contributed by atoms with E-state index in [0.29, 0.717) is 0 Å². The number of likely N-dealkylation sites (N-methyl/N-ethyl adjacent to an activating group) is 1. The number of methoxy groups -OCH3 is 1. The number of carbonyl (C=O) groups is 1. The second-order valence-corrected chi connectivity index (χ2v) is 5.57. The molecule has 1 aliphatic heterocycles. The predicted octanol–water partition coefficient (Wildman–Crippen LogP) is 0.576. The van der Waals surface area contributed by atoms with Gasteiger partial charge in [0.15, 0.2) is 0 Å². The first-order valence-corrected chi connectivity index (χ1v) is 6.82. The summed E-state index contributed by atoms with van der Waals surface area (Å²) < 4.78 is 4.92. The lowest BCUT2D eigenvalue weighted by Gasteiger charge is -2.35. The third-order valence-corrected chi connectivity index (χ3v) is 4.11. The van der Waals surface area contributed by atoms with Gasteiger partial charge in [-0.15, -0.1) is 0 Å². The third-order valence-electron chi connectivity index (χ3n) is 2.84. The van der Waals surface area contributed by atoms with Crippen molar-refractivity contribution in [2.75, 3.05) is 45.8 Å². The Balaban J connectivity index is 2.52. The minimum Gasteiger partial charge on any atom is -0.468 e. The average molecular weight is 246 g/mol. The molecule has 0 aliphatic carbocycles. The monoisotopic (exact) mass is 246 g/mol. The summed E-state index contributed by atoms with van der Waals surface area (Å²) in [5, 5.41) is 3.38. The first-order chi connectivity index (χ1) is 7.60. The SMILES string of the molecule is COC(=O)C1(NCCN(C)C)CCCSC1. The van der Waals surface area contributed by atoms with Gasteiger partial charge in [-0.1, -0.05) is 0 Å². The molecule has 16 heavy (non-hydrogen) atoms. The third kappa shape index (κ3) is 3.64. The van der Waals surface area contributed by atoms with Crippen LogP contribution >= 0.6 is 11.8 Å². The number of hydrogen-bond donors (Lipinski definition) is 1. The van der Waals surface area contributed by atoms with Crippen LogP contribution in [0.4, 0.5) is 0 Å². The lowest BCUT2D eigenvalue weighted by atomic mass is 9.95. The largest absolute Gasteiger partial charge is 0.468 e. The van der Waals surface area contributed by atoms with Crippen LogP contribution in [0.1, 0.15) is 12.8 Å². The van der Waals surface area contributed by atoms with Crippen molar-refractivity contribution >= 4 is 17.7 Å². The van der Waals surface area contributed by atoms with Crippen LogP contribution in [0.25, 0.3) is 0 Å². The molecule has 1 saturated heterocycles. The van der Waals surface area contributed by atoms with Gasteiger partial charge in [0.2, 0.25) is 0 Å². The van der Waals surface area contributed by atoms with Crippen molar-refractivity contribution in [3.05, 3.63) is 0 Å². The summed E-state index contributed by atoms with van der Waals surface area (Å²) in [5.74, 6) is 1.86. The number of nitrogens with one attached hydrogen (secondary N) is 1. The van der Waals surface area contributed by atoms with Crippen molar-refractivity contribution in [3.8, 4) is 0 Å². The van der Waals surface area contributed by atoms with Crippen LogP contribution in [0.5, 0.6) is 0 Å². The first kappa shape index (κ1) is 13.8. The summed E-state index contributed by atoms with van der Waals surface area (Å²) in [5.41, 5.74) is -0.451. The van der Waals surface area contributed by atoms with E-state index in [1.807, 2.05) is 25.9 Å². The Labute approximate surface area is 102 Å². The molecule has 0 bridgehead atoms. The first-order valence-electron chi connectivity index (χ1n) is 5.67. The molecule has 0 saturated carbocycles. The normalized spacial score (nSPS) is 25.8. The zero-order valence-electron chi connectivity index (χ0n) is 10.4. The molecule has 5 heteroatoms.